The van der Waals surface area contributed by atoms with Gasteiger partial charge in [-0.1, -0.05) is 173 Å². The van der Waals surface area contributed by atoms with E-state index in [4.69, 9.17) is 0 Å². The summed E-state index contributed by atoms with van der Waals surface area (Å²) in [4.78, 5) is 2.59. The van der Waals surface area contributed by atoms with Crippen LogP contribution in [0.4, 0.5) is 17.1 Å². The molecule has 2 aliphatic carbocycles. The second kappa shape index (κ2) is 12.7. The number of benzene rings is 9. The lowest BCUT2D eigenvalue weighted by molar-refractivity contribution is 0.659. The molecule has 0 atom stereocenters. The van der Waals surface area contributed by atoms with Gasteiger partial charge in [0.25, 0.3) is 0 Å². The predicted octanol–water partition coefficient (Wildman–Crippen LogP) is 15.7. The Balaban J connectivity index is 1.11. The first-order valence-electron chi connectivity index (χ1n) is 21.2. The number of fused-ring (bicyclic) bond motifs is 10. The van der Waals surface area contributed by atoms with E-state index >= 15 is 0 Å². The maximum Gasteiger partial charge on any atom is 0.0543 e. The van der Waals surface area contributed by atoms with Gasteiger partial charge in [0.15, 0.2) is 0 Å². The van der Waals surface area contributed by atoms with Gasteiger partial charge in [0.2, 0.25) is 0 Å². The molecule has 0 saturated heterocycles. The van der Waals surface area contributed by atoms with Crippen LogP contribution in [0.5, 0.6) is 0 Å². The van der Waals surface area contributed by atoms with Crippen molar-refractivity contribution in [3.63, 3.8) is 0 Å². The second-order valence-corrected chi connectivity index (χ2v) is 17.7. The molecule has 0 saturated carbocycles. The van der Waals surface area contributed by atoms with Gasteiger partial charge in [0.1, 0.15) is 0 Å². The molecular weight excluding hydrogens is 725 g/mol. The van der Waals surface area contributed by atoms with Gasteiger partial charge < -0.3 is 9.47 Å². The lowest BCUT2D eigenvalue weighted by atomic mass is 9.81. The van der Waals surface area contributed by atoms with E-state index in [1.807, 2.05) is 0 Å². The molecule has 2 heteroatoms. The zero-order valence-electron chi connectivity index (χ0n) is 34.4. The predicted molar refractivity (Wildman–Crippen MR) is 254 cm³/mol. The molecular formula is C58H44N2. The van der Waals surface area contributed by atoms with Crippen molar-refractivity contribution in [1.82, 2.24) is 4.57 Å². The molecule has 0 bridgehead atoms. The molecule has 0 radical (unpaired) electrons. The van der Waals surface area contributed by atoms with Crippen LogP contribution in [0.3, 0.4) is 0 Å². The molecule has 0 unspecified atom stereocenters. The van der Waals surface area contributed by atoms with E-state index in [-0.39, 0.29) is 10.8 Å². The smallest absolute Gasteiger partial charge is 0.0543 e. The maximum absolute atomic E-state index is 2.59. The Morgan fingerprint density at radius 1 is 0.400 bits per heavy atom. The highest BCUT2D eigenvalue weighted by atomic mass is 15.2. The first-order chi connectivity index (χ1) is 29.3. The number of anilines is 3. The Labute approximate surface area is 351 Å². The van der Waals surface area contributed by atoms with Crippen LogP contribution >= 0.6 is 0 Å². The summed E-state index contributed by atoms with van der Waals surface area (Å²) in [7, 11) is 0. The number of nitrogens with zero attached hydrogens (tertiary/aromatic N) is 2. The topological polar surface area (TPSA) is 8.17 Å². The largest absolute Gasteiger partial charge is 0.309 e. The highest BCUT2D eigenvalue weighted by Crippen LogP contribution is 2.58. The third kappa shape index (κ3) is 4.82. The Bertz CT molecular complexity index is 3320. The van der Waals surface area contributed by atoms with Crippen LogP contribution in [0.1, 0.15) is 49.9 Å². The summed E-state index contributed by atoms with van der Waals surface area (Å²) in [5, 5.41) is 4.99. The summed E-state index contributed by atoms with van der Waals surface area (Å²) in [5.41, 5.74) is 20.0. The SMILES string of the molecule is CC1(C)c2ccccc2-c2c(N(c3cc(-c4ccc(-n5c6ccccc6c6ccccc65)cc4)c4ccccc4c3)c3cccc4c3C(C)(C)c3ccccc3-4)cccc21. The lowest BCUT2D eigenvalue weighted by Crippen LogP contribution is -2.21. The molecule has 9 aromatic carbocycles. The Morgan fingerprint density at radius 2 is 0.950 bits per heavy atom. The molecule has 286 valence electrons. The molecule has 0 N–H and O–H groups in total. The van der Waals surface area contributed by atoms with Crippen LogP contribution in [0, 0.1) is 0 Å². The van der Waals surface area contributed by atoms with Crippen molar-refractivity contribution in [2.75, 3.05) is 4.90 Å². The Hall–Kier alpha value is -7.16. The van der Waals surface area contributed by atoms with Crippen LogP contribution in [-0.4, -0.2) is 4.57 Å². The zero-order chi connectivity index (χ0) is 40.3. The van der Waals surface area contributed by atoms with E-state index in [0.717, 1.165) is 11.4 Å². The maximum atomic E-state index is 2.59. The van der Waals surface area contributed by atoms with E-state index in [1.165, 1.54) is 99.6 Å². The molecule has 0 spiro atoms. The summed E-state index contributed by atoms with van der Waals surface area (Å²) >= 11 is 0. The molecule has 1 heterocycles. The van der Waals surface area contributed by atoms with E-state index in [0.29, 0.717) is 0 Å². The Kier molecular flexibility index (Phi) is 7.36. The van der Waals surface area contributed by atoms with Crippen LogP contribution in [0.15, 0.2) is 194 Å². The summed E-state index contributed by atoms with van der Waals surface area (Å²) in [5.74, 6) is 0. The molecule has 0 amide bonds. The van der Waals surface area contributed by atoms with Crippen molar-refractivity contribution >= 4 is 49.6 Å². The van der Waals surface area contributed by atoms with Gasteiger partial charge in [-0.05, 0) is 109 Å². The van der Waals surface area contributed by atoms with Gasteiger partial charge in [-0.15, -0.1) is 0 Å². The molecule has 10 aromatic rings. The van der Waals surface area contributed by atoms with Crippen LogP contribution in [0.25, 0.3) is 71.6 Å². The van der Waals surface area contributed by atoms with E-state index in [1.54, 1.807) is 0 Å². The first-order valence-corrected chi connectivity index (χ1v) is 21.2. The Morgan fingerprint density at radius 3 is 1.68 bits per heavy atom. The number of aromatic nitrogens is 1. The lowest BCUT2D eigenvalue weighted by Gasteiger charge is -2.34. The molecule has 0 fully saturated rings. The molecule has 12 rings (SSSR count). The van der Waals surface area contributed by atoms with Crippen molar-refractivity contribution in [3.05, 3.63) is 216 Å². The van der Waals surface area contributed by atoms with Gasteiger partial charge in [0.05, 0.1) is 22.4 Å². The fourth-order valence-corrected chi connectivity index (χ4v) is 11.0. The van der Waals surface area contributed by atoms with Crippen molar-refractivity contribution in [2.24, 2.45) is 0 Å². The third-order valence-corrected chi connectivity index (χ3v) is 13.7. The quantitative estimate of drug-likeness (QED) is 0.169. The van der Waals surface area contributed by atoms with Gasteiger partial charge in [-0.3, -0.25) is 0 Å². The average molecular weight is 769 g/mol. The minimum atomic E-state index is -0.210. The summed E-state index contributed by atoms with van der Waals surface area (Å²) in [6.07, 6.45) is 0. The van der Waals surface area contributed by atoms with Gasteiger partial charge in [-0.2, -0.15) is 0 Å². The minimum Gasteiger partial charge on any atom is -0.309 e. The number of para-hydroxylation sites is 2. The normalized spacial score (nSPS) is 14.3. The van der Waals surface area contributed by atoms with Crippen molar-refractivity contribution in [1.29, 1.82) is 0 Å². The zero-order valence-corrected chi connectivity index (χ0v) is 34.4. The molecule has 2 aliphatic rings. The van der Waals surface area contributed by atoms with Crippen molar-refractivity contribution in [3.8, 4) is 39.1 Å². The number of hydrogen-bond donors (Lipinski definition) is 0. The van der Waals surface area contributed by atoms with E-state index in [9.17, 15) is 0 Å². The number of rotatable bonds is 5. The van der Waals surface area contributed by atoms with Crippen molar-refractivity contribution < 1.29 is 0 Å². The van der Waals surface area contributed by atoms with Crippen LogP contribution in [-0.2, 0) is 10.8 Å². The highest BCUT2D eigenvalue weighted by Gasteiger charge is 2.41. The third-order valence-electron chi connectivity index (χ3n) is 13.7. The van der Waals surface area contributed by atoms with Crippen LogP contribution < -0.4 is 4.90 Å². The summed E-state index contributed by atoms with van der Waals surface area (Å²) in [6, 6.07) is 72.3. The first kappa shape index (κ1) is 34.8. The summed E-state index contributed by atoms with van der Waals surface area (Å²) < 4.78 is 2.40. The summed E-state index contributed by atoms with van der Waals surface area (Å²) in [6.45, 7) is 9.56. The molecule has 60 heavy (non-hydrogen) atoms. The van der Waals surface area contributed by atoms with Gasteiger partial charge >= 0.3 is 0 Å². The average Bonchev–Trinajstić information content (AvgIpc) is 3.84. The molecule has 2 nitrogen and oxygen atoms in total. The second-order valence-electron chi connectivity index (χ2n) is 17.7. The van der Waals surface area contributed by atoms with Crippen molar-refractivity contribution in [2.45, 2.75) is 38.5 Å². The van der Waals surface area contributed by atoms with Crippen LogP contribution in [0.2, 0.25) is 0 Å². The van der Waals surface area contributed by atoms with Gasteiger partial charge in [0, 0.05) is 38.5 Å². The molecule has 1 aromatic heterocycles. The number of hydrogen-bond acceptors (Lipinski definition) is 1. The molecule has 0 aliphatic heterocycles. The van der Waals surface area contributed by atoms with Gasteiger partial charge in [-0.25, -0.2) is 0 Å². The standard InChI is InChI=1S/C58H44N2/c1-57(2)49-25-12-8-22-46(49)55-50(57)26-16-29-53(55)60(54-30-15-23-45-42-19-7-11-24-48(42)58(3,4)56(45)54)40-35-38-17-5-6-18-41(38)47(36-40)37-31-33-39(34-32-37)59-51-27-13-9-20-43(51)44-21-10-14-28-52(44)59/h5-36H,1-4H3. The van der Waals surface area contributed by atoms with E-state index < -0.39 is 0 Å². The minimum absolute atomic E-state index is 0.131. The monoisotopic (exact) mass is 768 g/mol. The fraction of sp³-hybridized carbons (Fsp3) is 0.103. The van der Waals surface area contributed by atoms with E-state index in [2.05, 4.69) is 231 Å². The highest BCUT2D eigenvalue weighted by molar-refractivity contribution is 6.09. The fourth-order valence-electron chi connectivity index (χ4n) is 11.0.